The minimum absolute atomic E-state index is 0.113. The zero-order valence-electron chi connectivity index (χ0n) is 26.5. The fraction of sp³-hybridized carbons (Fsp3) is 0.871. The van der Waals surface area contributed by atoms with Gasteiger partial charge >= 0.3 is 12.1 Å². The van der Waals surface area contributed by atoms with Crippen molar-refractivity contribution in [3.8, 4) is 0 Å². The molecule has 0 aromatic carbocycles. The van der Waals surface area contributed by atoms with Crippen LogP contribution in [0.5, 0.6) is 0 Å². The van der Waals surface area contributed by atoms with Crippen LogP contribution in [0.15, 0.2) is 0 Å². The minimum Gasteiger partial charge on any atom is -0.467 e. The molecule has 7 atom stereocenters. The van der Waals surface area contributed by atoms with Crippen molar-refractivity contribution in [1.82, 2.24) is 16.0 Å². The molecule has 2 fully saturated rings. The Bertz CT molecular complexity index is 885. The number of carbonyl (C=O) groups excluding carboxylic acids is 4. The van der Waals surface area contributed by atoms with Crippen molar-refractivity contribution in [3.63, 3.8) is 0 Å². The van der Waals surface area contributed by atoms with Gasteiger partial charge in [-0.05, 0) is 83.0 Å². The highest BCUT2D eigenvalue weighted by Crippen LogP contribution is 2.37. The Morgan fingerprint density at radius 3 is 2.02 bits per heavy atom. The van der Waals surface area contributed by atoms with E-state index in [1.165, 1.54) is 7.11 Å². The molecule has 236 valence electrons. The monoisotopic (exact) mass is 581 g/mol. The molecule has 2 saturated carbocycles. The summed E-state index contributed by atoms with van der Waals surface area (Å²) in [6.07, 6.45) is 6.72. The number of ether oxygens (including phenoxy) is 2. The zero-order valence-corrected chi connectivity index (χ0v) is 26.5. The third-order valence-corrected chi connectivity index (χ3v) is 8.49. The quantitative estimate of drug-likeness (QED) is 0.254. The summed E-state index contributed by atoms with van der Waals surface area (Å²) in [5, 5.41) is 19.3. The molecule has 0 saturated heterocycles. The van der Waals surface area contributed by atoms with Gasteiger partial charge in [0.2, 0.25) is 11.8 Å². The van der Waals surface area contributed by atoms with Crippen molar-refractivity contribution in [2.24, 2.45) is 29.6 Å². The van der Waals surface area contributed by atoms with Gasteiger partial charge in [-0.1, -0.05) is 47.0 Å². The highest BCUT2D eigenvalue weighted by atomic mass is 16.6. The third-order valence-electron chi connectivity index (χ3n) is 8.49. The van der Waals surface area contributed by atoms with Gasteiger partial charge in [0.25, 0.3) is 0 Å². The number of aliphatic hydroxyl groups excluding tert-OH is 1. The van der Waals surface area contributed by atoms with E-state index in [1.54, 1.807) is 0 Å². The molecule has 10 nitrogen and oxygen atoms in total. The maximum Gasteiger partial charge on any atom is 0.407 e. The standard InChI is InChI=1S/C31H55N3O7/c1-18(2)24(28(37)33-25(19(3)4)29(38)40-8)32-27(36)22-16-10-13-20(22)12-9-14-21-15-11-17-23(35)26(21)34-30(39)41-31(5,6)7/h18-26,35H,9-17H2,1-8H3,(H,32,36)(H,33,37)(H,34,39)/t20?,21?,22-,23+,24-,25+,26+/m1/s1. The Kier molecular flexibility index (Phi) is 13.4. The number of nitrogens with one attached hydrogen (secondary N) is 3. The molecule has 0 spiro atoms. The number of methoxy groups -OCH3 is 1. The van der Waals surface area contributed by atoms with Crippen LogP contribution >= 0.6 is 0 Å². The molecule has 2 rings (SSSR count). The van der Waals surface area contributed by atoms with Crippen LogP contribution in [-0.4, -0.2) is 65.9 Å². The lowest BCUT2D eigenvalue weighted by Gasteiger charge is -2.36. The summed E-state index contributed by atoms with van der Waals surface area (Å²) in [6.45, 7) is 12.9. The molecule has 0 radical (unpaired) electrons. The van der Waals surface area contributed by atoms with Gasteiger partial charge < -0.3 is 30.5 Å². The molecule has 0 bridgehead atoms. The van der Waals surface area contributed by atoms with Crippen LogP contribution in [0.3, 0.4) is 0 Å². The first-order valence-corrected chi connectivity index (χ1v) is 15.5. The maximum absolute atomic E-state index is 13.4. The first-order valence-electron chi connectivity index (χ1n) is 15.5. The van der Waals surface area contributed by atoms with E-state index < -0.39 is 35.9 Å². The molecule has 0 aliphatic heterocycles. The van der Waals surface area contributed by atoms with Crippen molar-refractivity contribution in [2.45, 2.75) is 136 Å². The molecule has 2 aliphatic rings. The van der Waals surface area contributed by atoms with E-state index in [0.717, 1.165) is 51.4 Å². The third kappa shape index (κ3) is 10.8. The van der Waals surface area contributed by atoms with Crippen molar-refractivity contribution in [2.75, 3.05) is 7.11 Å². The molecule has 2 aliphatic carbocycles. The normalized spacial score (nSPS) is 26.3. The number of rotatable bonds is 12. The fourth-order valence-corrected chi connectivity index (χ4v) is 6.28. The van der Waals surface area contributed by atoms with E-state index in [1.807, 2.05) is 48.5 Å². The molecule has 0 aromatic heterocycles. The number of aliphatic hydroxyl groups is 1. The average molecular weight is 582 g/mol. The van der Waals surface area contributed by atoms with Crippen LogP contribution in [0.2, 0.25) is 0 Å². The zero-order chi connectivity index (χ0) is 30.9. The Hall–Kier alpha value is -2.36. The van der Waals surface area contributed by atoms with Gasteiger partial charge in [-0.2, -0.15) is 0 Å². The molecule has 41 heavy (non-hydrogen) atoms. The summed E-state index contributed by atoms with van der Waals surface area (Å²) >= 11 is 0. The van der Waals surface area contributed by atoms with Crippen LogP contribution in [0.25, 0.3) is 0 Å². The highest BCUT2D eigenvalue weighted by Gasteiger charge is 2.38. The van der Waals surface area contributed by atoms with E-state index >= 15 is 0 Å². The van der Waals surface area contributed by atoms with E-state index in [4.69, 9.17) is 9.47 Å². The SMILES string of the molecule is COC(=O)[C@@H](NC(=O)[C@H](NC(=O)[C@@H]1CCCC1CCCC1CCC[C@H](O)[C@H]1NC(=O)OC(C)(C)C)C(C)C)C(C)C. The van der Waals surface area contributed by atoms with E-state index in [9.17, 15) is 24.3 Å². The minimum atomic E-state index is -0.781. The summed E-state index contributed by atoms with van der Waals surface area (Å²) < 4.78 is 10.3. The van der Waals surface area contributed by atoms with E-state index in [-0.39, 0.29) is 47.4 Å². The van der Waals surface area contributed by atoms with Crippen LogP contribution in [0.1, 0.15) is 106 Å². The summed E-state index contributed by atoms with van der Waals surface area (Å²) in [5.74, 6) is -1.11. The second-order valence-corrected chi connectivity index (χ2v) is 13.6. The molecular formula is C31H55N3O7. The predicted molar refractivity (Wildman–Crippen MR) is 157 cm³/mol. The fourth-order valence-electron chi connectivity index (χ4n) is 6.28. The second kappa shape index (κ2) is 15.8. The Morgan fingerprint density at radius 2 is 1.44 bits per heavy atom. The molecule has 10 heteroatoms. The van der Waals surface area contributed by atoms with Gasteiger partial charge in [0.05, 0.1) is 19.3 Å². The van der Waals surface area contributed by atoms with Crippen LogP contribution < -0.4 is 16.0 Å². The van der Waals surface area contributed by atoms with Gasteiger partial charge in [0.1, 0.15) is 17.7 Å². The molecule has 3 amide bonds. The van der Waals surface area contributed by atoms with Gasteiger partial charge in [-0.15, -0.1) is 0 Å². The lowest BCUT2D eigenvalue weighted by Crippen LogP contribution is -2.56. The second-order valence-electron chi connectivity index (χ2n) is 13.6. The average Bonchev–Trinajstić information content (AvgIpc) is 3.34. The topological polar surface area (TPSA) is 143 Å². The lowest BCUT2D eigenvalue weighted by atomic mass is 9.78. The highest BCUT2D eigenvalue weighted by molar-refractivity contribution is 5.91. The largest absolute Gasteiger partial charge is 0.467 e. The van der Waals surface area contributed by atoms with E-state index in [2.05, 4.69) is 16.0 Å². The smallest absolute Gasteiger partial charge is 0.407 e. The maximum atomic E-state index is 13.4. The van der Waals surface area contributed by atoms with Gasteiger partial charge in [0.15, 0.2) is 0 Å². The predicted octanol–water partition coefficient (Wildman–Crippen LogP) is 4.08. The Morgan fingerprint density at radius 1 is 0.854 bits per heavy atom. The van der Waals surface area contributed by atoms with Crippen LogP contribution in [-0.2, 0) is 23.9 Å². The van der Waals surface area contributed by atoms with Crippen molar-refractivity contribution >= 4 is 23.9 Å². The van der Waals surface area contributed by atoms with Crippen molar-refractivity contribution in [3.05, 3.63) is 0 Å². The first-order chi connectivity index (χ1) is 19.1. The summed E-state index contributed by atoms with van der Waals surface area (Å²) in [4.78, 5) is 51.1. The molecular weight excluding hydrogens is 526 g/mol. The Labute approximate surface area is 246 Å². The number of esters is 1. The summed E-state index contributed by atoms with van der Waals surface area (Å²) in [5.41, 5.74) is -0.607. The van der Waals surface area contributed by atoms with Gasteiger partial charge in [0, 0.05) is 5.92 Å². The molecule has 4 N–H and O–H groups in total. The summed E-state index contributed by atoms with van der Waals surface area (Å²) in [7, 11) is 1.29. The van der Waals surface area contributed by atoms with Crippen LogP contribution in [0.4, 0.5) is 4.79 Å². The van der Waals surface area contributed by atoms with E-state index in [0.29, 0.717) is 6.42 Å². The first kappa shape index (κ1) is 34.8. The Balaban J connectivity index is 1.96. The summed E-state index contributed by atoms with van der Waals surface area (Å²) in [6, 6.07) is -1.87. The number of carbonyl (C=O) groups is 4. The number of amides is 3. The number of hydrogen-bond donors (Lipinski definition) is 4. The van der Waals surface area contributed by atoms with Gasteiger partial charge in [-0.25, -0.2) is 9.59 Å². The molecule has 0 heterocycles. The van der Waals surface area contributed by atoms with Crippen molar-refractivity contribution in [1.29, 1.82) is 0 Å². The lowest BCUT2D eigenvalue weighted by molar-refractivity contribution is -0.147. The number of alkyl carbamates (subject to hydrolysis) is 1. The molecule has 0 aromatic rings. The van der Waals surface area contributed by atoms with Gasteiger partial charge in [-0.3, -0.25) is 9.59 Å². The molecule has 2 unspecified atom stereocenters. The number of hydrogen-bond acceptors (Lipinski definition) is 7. The van der Waals surface area contributed by atoms with Crippen LogP contribution in [0, 0.1) is 29.6 Å². The van der Waals surface area contributed by atoms with Crippen molar-refractivity contribution < 1.29 is 33.8 Å².